The number of hydrogen-bond acceptors (Lipinski definition) is 4. The van der Waals surface area contributed by atoms with E-state index < -0.39 is 6.04 Å². The summed E-state index contributed by atoms with van der Waals surface area (Å²) >= 11 is 0. The summed E-state index contributed by atoms with van der Waals surface area (Å²) in [7, 11) is 1.57. The second-order valence-corrected chi connectivity index (χ2v) is 3.31. The smallest absolute Gasteiger partial charge is 0.237 e. The van der Waals surface area contributed by atoms with Crippen LogP contribution in [0.25, 0.3) is 0 Å². The van der Waals surface area contributed by atoms with Crippen molar-refractivity contribution >= 4 is 5.91 Å². The summed E-state index contributed by atoms with van der Waals surface area (Å²) in [6.45, 7) is 2.37. The molecule has 0 aliphatic rings. The summed E-state index contributed by atoms with van der Waals surface area (Å²) in [5.74, 6) is -0.192. The van der Waals surface area contributed by atoms with Crippen LogP contribution in [0, 0.1) is 0 Å². The minimum atomic E-state index is -0.531. The van der Waals surface area contributed by atoms with Gasteiger partial charge in [0.15, 0.2) is 0 Å². The third-order valence-corrected chi connectivity index (χ3v) is 1.92. The Labute approximate surface area is 84.6 Å². The predicted octanol–water partition coefficient (Wildman–Crippen LogP) is -0.763. The van der Waals surface area contributed by atoms with E-state index in [9.17, 15) is 4.79 Å². The molecule has 0 aromatic heterocycles. The zero-order chi connectivity index (χ0) is 11.0. The molecule has 0 radical (unpaired) electrons. The summed E-state index contributed by atoms with van der Waals surface area (Å²) in [6.07, 6.45) is 1.05. The van der Waals surface area contributed by atoms with Crippen LogP contribution in [0.3, 0.4) is 0 Å². The number of carbonyl (C=O) groups is 1. The van der Waals surface area contributed by atoms with Gasteiger partial charge < -0.3 is 20.9 Å². The summed E-state index contributed by atoms with van der Waals surface area (Å²) in [5.41, 5.74) is 5.59. The molecular formula is C9H20N2O3. The van der Waals surface area contributed by atoms with E-state index in [0.717, 1.165) is 0 Å². The number of methoxy groups -OCH3 is 1. The van der Waals surface area contributed by atoms with Gasteiger partial charge >= 0.3 is 0 Å². The average Bonchev–Trinajstić information content (AvgIpc) is 2.14. The van der Waals surface area contributed by atoms with E-state index in [-0.39, 0.29) is 18.6 Å². The maximum absolute atomic E-state index is 11.4. The molecule has 0 saturated heterocycles. The molecule has 0 spiro atoms. The molecule has 0 rings (SSSR count). The van der Waals surface area contributed by atoms with E-state index in [1.165, 1.54) is 0 Å². The Morgan fingerprint density at radius 2 is 2.21 bits per heavy atom. The van der Waals surface area contributed by atoms with Crippen molar-refractivity contribution in [3.05, 3.63) is 0 Å². The molecule has 2 unspecified atom stereocenters. The van der Waals surface area contributed by atoms with Gasteiger partial charge in [-0.1, -0.05) is 0 Å². The van der Waals surface area contributed by atoms with Gasteiger partial charge in [0.25, 0.3) is 0 Å². The molecule has 5 nitrogen and oxygen atoms in total. The second kappa shape index (κ2) is 7.73. The Balaban J connectivity index is 3.71. The molecule has 0 aromatic carbocycles. The van der Waals surface area contributed by atoms with Gasteiger partial charge in [0.2, 0.25) is 5.91 Å². The molecule has 14 heavy (non-hydrogen) atoms. The van der Waals surface area contributed by atoms with Gasteiger partial charge in [-0.05, 0) is 19.8 Å². The quantitative estimate of drug-likeness (QED) is 0.509. The van der Waals surface area contributed by atoms with Crippen LogP contribution in [0.2, 0.25) is 0 Å². The van der Waals surface area contributed by atoms with E-state index in [1.807, 2.05) is 6.92 Å². The van der Waals surface area contributed by atoms with Gasteiger partial charge in [-0.2, -0.15) is 0 Å². The fraction of sp³-hybridized carbons (Fsp3) is 0.889. The van der Waals surface area contributed by atoms with Crippen molar-refractivity contribution in [3.63, 3.8) is 0 Å². The van der Waals surface area contributed by atoms with Gasteiger partial charge in [-0.3, -0.25) is 4.79 Å². The number of hydrogen-bond donors (Lipinski definition) is 3. The van der Waals surface area contributed by atoms with Crippen LogP contribution in [0.15, 0.2) is 0 Å². The lowest BCUT2D eigenvalue weighted by molar-refractivity contribution is -0.123. The summed E-state index contributed by atoms with van der Waals surface area (Å²) in [4.78, 5) is 11.4. The molecule has 0 saturated carbocycles. The van der Waals surface area contributed by atoms with Crippen molar-refractivity contribution < 1.29 is 14.6 Å². The van der Waals surface area contributed by atoms with Crippen LogP contribution in [-0.2, 0) is 9.53 Å². The van der Waals surface area contributed by atoms with E-state index in [0.29, 0.717) is 19.4 Å². The summed E-state index contributed by atoms with van der Waals surface area (Å²) in [6, 6.07) is -0.572. The molecule has 4 N–H and O–H groups in total. The van der Waals surface area contributed by atoms with Gasteiger partial charge in [-0.15, -0.1) is 0 Å². The zero-order valence-electron chi connectivity index (χ0n) is 8.82. The standard InChI is InChI=1S/C9H20N2O3/c1-7(3-5-12)11-9(13)8(10)4-6-14-2/h7-8,12H,3-6,10H2,1-2H3,(H,11,13). The lowest BCUT2D eigenvalue weighted by atomic mass is 10.2. The first kappa shape index (κ1) is 13.4. The molecule has 84 valence electrons. The fourth-order valence-corrected chi connectivity index (χ4v) is 0.992. The number of nitrogens with one attached hydrogen (secondary N) is 1. The lowest BCUT2D eigenvalue weighted by Crippen LogP contribution is -2.45. The number of nitrogens with two attached hydrogens (primary N) is 1. The van der Waals surface area contributed by atoms with Crippen molar-refractivity contribution in [2.45, 2.75) is 31.8 Å². The van der Waals surface area contributed by atoms with Crippen LogP contribution < -0.4 is 11.1 Å². The van der Waals surface area contributed by atoms with Crippen LogP contribution in [0.5, 0.6) is 0 Å². The highest BCUT2D eigenvalue weighted by atomic mass is 16.5. The number of rotatable bonds is 7. The molecular weight excluding hydrogens is 184 g/mol. The van der Waals surface area contributed by atoms with E-state index in [4.69, 9.17) is 15.6 Å². The van der Waals surface area contributed by atoms with Crippen LogP contribution in [0.4, 0.5) is 0 Å². The van der Waals surface area contributed by atoms with Crippen molar-refractivity contribution in [2.24, 2.45) is 5.73 Å². The summed E-state index contributed by atoms with van der Waals surface area (Å²) in [5, 5.41) is 11.3. The van der Waals surface area contributed by atoms with Gasteiger partial charge in [-0.25, -0.2) is 0 Å². The highest BCUT2D eigenvalue weighted by Gasteiger charge is 2.14. The number of carbonyl (C=O) groups excluding carboxylic acids is 1. The highest BCUT2D eigenvalue weighted by Crippen LogP contribution is 1.93. The Bertz CT molecular complexity index is 164. The Kier molecular flexibility index (Phi) is 7.37. The minimum Gasteiger partial charge on any atom is -0.396 e. The molecule has 0 aliphatic heterocycles. The monoisotopic (exact) mass is 204 g/mol. The van der Waals surface area contributed by atoms with Crippen LogP contribution in [-0.4, -0.2) is 43.4 Å². The molecule has 0 aliphatic carbocycles. The molecule has 0 aromatic rings. The third-order valence-electron chi connectivity index (χ3n) is 1.92. The summed E-state index contributed by atoms with van der Waals surface area (Å²) < 4.78 is 4.82. The first-order chi connectivity index (χ1) is 6.61. The number of ether oxygens (including phenoxy) is 1. The molecule has 5 heteroatoms. The second-order valence-electron chi connectivity index (χ2n) is 3.31. The minimum absolute atomic E-state index is 0.0407. The lowest BCUT2D eigenvalue weighted by Gasteiger charge is -2.16. The number of aliphatic hydroxyl groups is 1. The number of aliphatic hydroxyl groups excluding tert-OH is 1. The zero-order valence-corrected chi connectivity index (χ0v) is 8.82. The predicted molar refractivity (Wildman–Crippen MR) is 53.8 cm³/mol. The van der Waals surface area contributed by atoms with E-state index in [2.05, 4.69) is 5.32 Å². The Hall–Kier alpha value is -0.650. The van der Waals surface area contributed by atoms with Crippen molar-refractivity contribution in [3.8, 4) is 0 Å². The maximum atomic E-state index is 11.4. The first-order valence-electron chi connectivity index (χ1n) is 4.77. The Morgan fingerprint density at radius 1 is 1.57 bits per heavy atom. The SMILES string of the molecule is COCCC(N)C(=O)NC(C)CCO. The van der Waals surface area contributed by atoms with Crippen molar-refractivity contribution in [1.82, 2.24) is 5.32 Å². The molecule has 0 heterocycles. The van der Waals surface area contributed by atoms with Crippen molar-refractivity contribution in [1.29, 1.82) is 0 Å². The number of amides is 1. The van der Waals surface area contributed by atoms with E-state index >= 15 is 0 Å². The van der Waals surface area contributed by atoms with Gasteiger partial charge in [0.1, 0.15) is 0 Å². The largest absolute Gasteiger partial charge is 0.396 e. The topological polar surface area (TPSA) is 84.6 Å². The average molecular weight is 204 g/mol. The van der Waals surface area contributed by atoms with Gasteiger partial charge in [0, 0.05) is 26.4 Å². The highest BCUT2D eigenvalue weighted by molar-refractivity contribution is 5.81. The van der Waals surface area contributed by atoms with Crippen LogP contribution in [0.1, 0.15) is 19.8 Å². The Morgan fingerprint density at radius 3 is 2.71 bits per heavy atom. The normalized spacial score (nSPS) is 14.9. The van der Waals surface area contributed by atoms with Gasteiger partial charge in [0.05, 0.1) is 6.04 Å². The van der Waals surface area contributed by atoms with Crippen molar-refractivity contribution in [2.75, 3.05) is 20.3 Å². The fourth-order valence-electron chi connectivity index (χ4n) is 0.992. The maximum Gasteiger partial charge on any atom is 0.237 e. The third kappa shape index (κ3) is 5.90. The molecule has 0 bridgehead atoms. The van der Waals surface area contributed by atoms with Crippen LogP contribution >= 0.6 is 0 Å². The molecule has 1 amide bonds. The first-order valence-corrected chi connectivity index (χ1v) is 4.77. The molecule has 0 fully saturated rings. The molecule has 2 atom stereocenters. The van der Waals surface area contributed by atoms with E-state index in [1.54, 1.807) is 7.11 Å².